The van der Waals surface area contributed by atoms with E-state index in [0.717, 1.165) is 5.56 Å². The fraction of sp³-hybridized carbons (Fsp3) is 0.0909. The van der Waals surface area contributed by atoms with Gasteiger partial charge in [-0.1, -0.05) is 47.7 Å². The van der Waals surface area contributed by atoms with Crippen molar-refractivity contribution >= 4 is 51.9 Å². The molecule has 0 radical (unpaired) electrons. The second-order valence-corrected chi connectivity index (χ2v) is 5.41. The molecular weight excluding hydrogens is 262 g/mol. The highest BCUT2D eigenvalue weighted by atomic mass is 35.5. The maximum Gasteiger partial charge on any atom is 0.265 e. The number of amides is 1. The molecule has 0 unspecified atom stereocenters. The van der Waals surface area contributed by atoms with Crippen LogP contribution in [0.2, 0.25) is 5.02 Å². The zero-order chi connectivity index (χ0) is 11.7. The minimum Gasteiger partial charge on any atom is -0.296 e. The number of thioether (sulfide) groups is 1. The summed E-state index contributed by atoms with van der Waals surface area (Å²) >= 11 is 12.2. The predicted molar refractivity (Wildman–Crippen MR) is 72.4 cm³/mol. The Kier molecular flexibility index (Phi) is 3.33. The number of carbonyl (C=O) groups excluding carboxylic acids is 1. The van der Waals surface area contributed by atoms with Gasteiger partial charge in [0.05, 0.1) is 4.91 Å². The van der Waals surface area contributed by atoms with Crippen LogP contribution in [0.25, 0.3) is 6.08 Å². The van der Waals surface area contributed by atoms with Crippen LogP contribution in [0.4, 0.5) is 0 Å². The third-order valence-electron chi connectivity index (χ3n) is 2.13. The summed E-state index contributed by atoms with van der Waals surface area (Å²) in [6.45, 7) is 0. The van der Waals surface area contributed by atoms with Crippen LogP contribution in [-0.2, 0) is 4.79 Å². The highest BCUT2D eigenvalue weighted by Crippen LogP contribution is 2.31. The van der Waals surface area contributed by atoms with Crippen molar-refractivity contribution in [2.75, 3.05) is 7.05 Å². The van der Waals surface area contributed by atoms with Crippen LogP contribution < -0.4 is 0 Å². The first kappa shape index (κ1) is 11.6. The molecule has 16 heavy (non-hydrogen) atoms. The highest BCUT2D eigenvalue weighted by Gasteiger charge is 2.28. The summed E-state index contributed by atoms with van der Waals surface area (Å²) in [4.78, 5) is 13.8. The standard InChI is InChI=1S/C11H8ClNOS2/c1-13-10(14)9(16-11(13)15)6-7-3-2-4-8(12)5-7/h2-6H,1H3. The molecule has 0 saturated carbocycles. The number of thiocarbonyl (C=S) groups is 1. The molecule has 1 aromatic carbocycles. The average molecular weight is 270 g/mol. The third kappa shape index (κ3) is 2.29. The average Bonchev–Trinajstić information content (AvgIpc) is 2.47. The summed E-state index contributed by atoms with van der Waals surface area (Å²) < 4.78 is 0.582. The monoisotopic (exact) mass is 269 g/mol. The van der Waals surface area contributed by atoms with Crippen molar-refractivity contribution in [3.05, 3.63) is 39.8 Å². The molecule has 0 bridgehead atoms. The number of benzene rings is 1. The lowest BCUT2D eigenvalue weighted by Gasteiger charge is -2.03. The topological polar surface area (TPSA) is 20.3 Å². The summed E-state index contributed by atoms with van der Waals surface area (Å²) in [5.41, 5.74) is 0.904. The van der Waals surface area contributed by atoms with Crippen molar-refractivity contribution in [3.8, 4) is 0 Å². The van der Waals surface area contributed by atoms with E-state index in [9.17, 15) is 4.79 Å². The Morgan fingerprint density at radius 2 is 2.25 bits per heavy atom. The summed E-state index contributed by atoms with van der Waals surface area (Å²) in [7, 11) is 1.68. The number of hydrogen-bond donors (Lipinski definition) is 0. The Hall–Kier alpha value is -0.840. The molecule has 0 N–H and O–H groups in total. The van der Waals surface area contributed by atoms with Gasteiger partial charge in [-0.05, 0) is 23.8 Å². The first-order chi connectivity index (χ1) is 7.58. The van der Waals surface area contributed by atoms with Crippen molar-refractivity contribution in [2.45, 2.75) is 0 Å². The lowest BCUT2D eigenvalue weighted by Crippen LogP contribution is -2.22. The molecular formula is C11H8ClNOS2. The Morgan fingerprint density at radius 1 is 1.50 bits per heavy atom. The van der Waals surface area contributed by atoms with Gasteiger partial charge in [0, 0.05) is 12.1 Å². The maximum absolute atomic E-state index is 11.7. The molecule has 1 fully saturated rings. The quantitative estimate of drug-likeness (QED) is 0.577. The van der Waals surface area contributed by atoms with Crippen molar-refractivity contribution in [1.29, 1.82) is 0 Å². The predicted octanol–water partition coefficient (Wildman–Crippen LogP) is 3.17. The minimum absolute atomic E-state index is 0.0602. The second-order valence-electron chi connectivity index (χ2n) is 3.30. The Balaban J connectivity index is 2.33. The zero-order valence-corrected chi connectivity index (χ0v) is 10.8. The lowest BCUT2D eigenvalue weighted by atomic mass is 10.2. The van der Waals surface area contributed by atoms with E-state index < -0.39 is 0 Å². The van der Waals surface area contributed by atoms with Crippen molar-refractivity contribution in [3.63, 3.8) is 0 Å². The van der Waals surface area contributed by atoms with Crippen LogP contribution in [0.3, 0.4) is 0 Å². The molecule has 0 spiro atoms. The highest BCUT2D eigenvalue weighted by molar-refractivity contribution is 8.26. The Morgan fingerprint density at radius 3 is 2.81 bits per heavy atom. The third-order valence-corrected chi connectivity index (χ3v) is 3.85. The molecule has 1 aliphatic heterocycles. The van der Waals surface area contributed by atoms with E-state index in [1.807, 2.05) is 18.2 Å². The van der Waals surface area contributed by atoms with E-state index in [1.54, 1.807) is 19.2 Å². The van der Waals surface area contributed by atoms with Crippen LogP contribution in [0.5, 0.6) is 0 Å². The van der Waals surface area contributed by atoms with E-state index in [2.05, 4.69) is 0 Å². The second kappa shape index (κ2) is 4.57. The van der Waals surface area contributed by atoms with Gasteiger partial charge in [0.2, 0.25) is 0 Å². The van der Waals surface area contributed by atoms with Gasteiger partial charge < -0.3 is 0 Å². The Bertz CT molecular complexity index is 499. The Labute approximate surface area is 108 Å². The molecule has 1 aliphatic rings. The van der Waals surface area contributed by atoms with Gasteiger partial charge in [0.1, 0.15) is 4.32 Å². The largest absolute Gasteiger partial charge is 0.296 e. The summed E-state index contributed by atoms with van der Waals surface area (Å²) in [6, 6.07) is 7.35. The van der Waals surface area contributed by atoms with E-state index >= 15 is 0 Å². The number of nitrogens with zero attached hydrogens (tertiary/aromatic N) is 1. The van der Waals surface area contributed by atoms with Gasteiger partial charge >= 0.3 is 0 Å². The minimum atomic E-state index is -0.0602. The van der Waals surface area contributed by atoms with E-state index in [-0.39, 0.29) is 5.91 Å². The van der Waals surface area contributed by atoms with Gasteiger partial charge in [0.25, 0.3) is 5.91 Å². The van der Waals surface area contributed by atoms with Crippen molar-refractivity contribution < 1.29 is 4.79 Å². The maximum atomic E-state index is 11.7. The van der Waals surface area contributed by atoms with Gasteiger partial charge in [-0.3, -0.25) is 9.69 Å². The fourth-order valence-corrected chi connectivity index (χ4v) is 2.67. The van der Waals surface area contributed by atoms with Crippen molar-refractivity contribution in [2.24, 2.45) is 0 Å². The number of halogens is 1. The van der Waals surface area contributed by atoms with Crippen LogP contribution in [0.1, 0.15) is 5.56 Å². The van der Waals surface area contributed by atoms with Gasteiger partial charge in [-0.2, -0.15) is 0 Å². The van der Waals surface area contributed by atoms with Crippen LogP contribution in [-0.4, -0.2) is 22.2 Å². The molecule has 82 valence electrons. The molecule has 1 aromatic rings. The fourth-order valence-electron chi connectivity index (χ4n) is 1.29. The smallest absolute Gasteiger partial charge is 0.265 e. The molecule has 2 nitrogen and oxygen atoms in total. The van der Waals surface area contributed by atoms with Crippen molar-refractivity contribution in [1.82, 2.24) is 4.90 Å². The van der Waals surface area contributed by atoms with E-state index in [0.29, 0.717) is 14.2 Å². The molecule has 0 aliphatic carbocycles. The molecule has 1 amide bonds. The summed E-state index contributed by atoms with van der Waals surface area (Å²) in [5.74, 6) is -0.0602. The molecule has 1 heterocycles. The van der Waals surface area contributed by atoms with E-state index in [1.165, 1.54) is 16.7 Å². The molecule has 5 heteroatoms. The van der Waals surface area contributed by atoms with E-state index in [4.69, 9.17) is 23.8 Å². The molecule has 0 atom stereocenters. The molecule has 1 saturated heterocycles. The number of carbonyl (C=O) groups is 1. The lowest BCUT2D eigenvalue weighted by molar-refractivity contribution is -0.121. The number of hydrogen-bond acceptors (Lipinski definition) is 3. The van der Waals surface area contributed by atoms with Crippen LogP contribution in [0, 0.1) is 0 Å². The first-order valence-electron chi connectivity index (χ1n) is 4.55. The molecule has 2 rings (SSSR count). The zero-order valence-electron chi connectivity index (χ0n) is 8.44. The normalized spacial score (nSPS) is 18.6. The first-order valence-corrected chi connectivity index (χ1v) is 6.15. The summed E-state index contributed by atoms with van der Waals surface area (Å²) in [5, 5.41) is 0.653. The van der Waals surface area contributed by atoms with Gasteiger partial charge in [0.15, 0.2) is 0 Å². The summed E-state index contributed by atoms with van der Waals surface area (Å²) in [6.07, 6.45) is 1.80. The van der Waals surface area contributed by atoms with Crippen LogP contribution >= 0.6 is 35.6 Å². The van der Waals surface area contributed by atoms with Crippen LogP contribution in [0.15, 0.2) is 29.2 Å². The molecule has 0 aromatic heterocycles. The SMILES string of the molecule is CN1C(=O)C(=Cc2cccc(Cl)c2)SC1=S. The number of rotatable bonds is 1. The van der Waals surface area contributed by atoms with Gasteiger partial charge in [-0.25, -0.2) is 0 Å². The van der Waals surface area contributed by atoms with Gasteiger partial charge in [-0.15, -0.1) is 0 Å². The number of likely N-dealkylation sites (N-methyl/N-ethyl adjacent to an activating group) is 1.